The molecule has 0 aromatic heterocycles. The number of primary amides is 1. The lowest BCUT2D eigenvalue weighted by Crippen LogP contribution is -2.69. The van der Waals surface area contributed by atoms with Crippen LogP contribution in [-0.4, -0.2) is 46.9 Å². The predicted molar refractivity (Wildman–Crippen MR) is 116 cm³/mol. The number of carbonyl (C=O) groups excluding carboxylic acids is 4. The number of carbonyl (C=O) groups is 4. The molecule has 2 heterocycles. The molecule has 0 spiro atoms. The second kappa shape index (κ2) is 7.91. The van der Waals surface area contributed by atoms with Gasteiger partial charge in [-0.05, 0) is 42.7 Å². The quantitative estimate of drug-likeness (QED) is 0.643. The Labute approximate surface area is 190 Å². The Balaban J connectivity index is 1.44. The smallest absolute Gasteiger partial charge is 0.354 e. The van der Waals surface area contributed by atoms with Crippen LogP contribution in [0.15, 0.2) is 48.5 Å². The van der Waals surface area contributed by atoms with Crippen LogP contribution in [0.25, 0.3) is 0 Å². The van der Waals surface area contributed by atoms with E-state index in [0.29, 0.717) is 22.6 Å². The molecule has 5 rings (SSSR count). The molecule has 2 aromatic rings. The number of ether oxygens (including phenoxy) is 2. The third kappa shape index (κ3) is 3.49. The van der Waals surface area contributed by atoms with Crippen molar-refractivity contribution in [1.82, 2.24) is 4.90 Å². The van der Waals surface area contributed by atoms with E-state index in [0.717, 1.165) is 12.8 Å². The standard InChI is InChI=1S/C24H23N3O6/c25-20(28)14-32-17-5-3-4-15(12-17)13-33-23(31)24-11-10-21(29)27(24)19-7-2-1-6-18(19)22(30)26(24)16-8-9-16/h1-7,12,16H,8-11,13-14H2,(H2,25,28). The van der Waals surface area contributed by atoms with Gasteiger partial charge in [0, 0.05) is 18.9 Å². The van der Waals surface area contributed by atoms with Gasteiger partial charge in [0.2, 0.25) is 11.6 Å². The maximum absolute atomic E-state index is 13.6. The molecule has 1 unspecified atom stereocenters. The molecular weight excluding hydrogens is 426 g/mol. The van der Waals surface area contributed by atoms with Crippen molar-refractivity contribution in [2.75, 3.05) is 11.5 Å². The van der Waals surface area contributed by atoms with E-state index in [2.05, 4.69) is 0 Å². The molecule has 9 heteroatoms. The third-order valence-electron chi connectivity index (χ3n) is 6.19. The Morgan fingerprint density at radius 2 is 1.88 bits per heavy atom. The Morgan fingerprint density at radius 3 is 2.64 bits per heavy atom. The molecule has 1 atom stereocenters. The summed E-state index contributed by atoms with van der Waals surface area (Å²) in [6.45, 7) is -0.341. The molecule has 1 aliphatic carbocycles. The number of rotatable bonds is 7. The van der Waals surface area contributed by atoms with Gasteiger partial charge in [-0.2, -0.15) is 0 Å². The van der Waals surface area contributed by atoms with Gasteiger partial charge in [0.15, 0.2) is 6.61 Å². The minimum atomic E-state index is -1.48. The molecule has 2 aromatic carbocycles. The maximum atomic E-state index is 13.6. The number of nitrogens with zero attached hydrogens (tertiary/aromatic N) is 2. The SMILES string of the molecule is NC(=O)COc1cccc(COC(=O)C23CCC(=O)N2c2ccccc2C(=O)N3C2CC2)c1. The number of para-hydroxylation sites is 1. The average molecular weight is 449 g/mol. The highest BCUT2D eigenvalue weighted by Crippen LogP contribution is 2.49. The van der Waals surface area contributed by atoms with Crippen LogP contribution in [0.4, 0.5) is 5.69 Å². The Kier molecular flexibility index (Phi) is 5.03. The van der Waals surface area contributed by atoms with Gasteiger partial charge in [0.05, 0.1) is 11.3 Å². The van der Waals surface area contributed by atoms with Crippen molar-refractivity contribution >= 4 is 29.4 Å². The fourth-order valence-electron chi connectivity index (χ4n) is 4.66. The zero-order valence-corrected chi connectivity index (χ0v) is 17.9. The van der Waals surface area contributed by atoms with E-state index in [1.807, 2.05) is 0 Å². The lowest BCUT2D eigenvalue weighted by molar-refractivity contribution is -0.159. The van der Waals surface area contributed by atoms with E-state index in [1.165, 1.54) is 4.90 Å². The van der Waals surface area contributed by atoms with E-state index < -0.39 is 17.5 Å². The maximum Gasteiger partial charge on any atom is 0.354 e. The van der Waals surface area contributed by atoms with Crippen molar-refractivity contribution in [1.29, 1.82) is 0 Å². The minimum absolute atomic E-state index is 0.0786. The molecule has 170 valence electrons. The molecule has 1 saturated carbocycles. The van der Waals surface area contributed by atoms with Gasteiger partial charge in [-0.25, -0.2) is 4.79 Å². The summed E-state index contributed by atoms with van der Waals surface area (Å²) in [5.74, 6) is -1.28. The lowest BCUT2D eigenvalue weighted by atomic mass is 9.96. The van der Waals surface area contributed by atoms with E-state index in [9.17, 15) is 19.2 Å². The molecule has 2 N–H and O–H groups in total. The number of fused-ring (bicyclic) bond motifs is 3. The van der Waals surface area contributed by atoms with Crippen LogP contribution < -0.4 is 15.4 Å². The highest BCUT2D eigenvalue weighted by molar-refractivity contribution is 6.15. The molecule has 0 radical (unpaired) electrons. The van der Waals surface area contributed by atoms with Crippen LogP contribution in [0, 0.1) is 0 Å². The number of esters is 1. The van der Waals surface area contributed by atoms with Crippen molar-refractivity contribution in [2.24, 2.45) is 5.73 Å². The van der Waals surface area contributed by atoms with Gasteiger partial charge >= 0.3 is 5.97 Å². The topological polar surface area (TPSA) is 119 Å². The van der Waals surface area contributed by atoms with Gasteiger partial charge in [0.1, 0.15) is 12.4 Å². The highest BCUT2D eigenvalue weighted by atomic mass is 16.5. The second-order valence-electron chi connectivity index (χ2n) is 8.45. The van der Waals surface area contributed by atoms with Crippen molar-refractivity contribution in [2.45, 2.75) is 44.0 Å². The molecule has 3 amide bonds. The molecule has 1 saturated heterocycles. The minimum Gasteiger partial charge on any atom is -0.484 e. The van der Waals surface area contributed by atoms with Gasteiger partial charge in [-0.3, -0.25) is 19.3 Å². The molecule has 2 fully saturated rings. The summed E-state index contributed by atoms with van der Waals surface area (Å²) in [6, 6.07) is 13.5. The molecular formula is C24H23N3O6. The number of hydrogen-bond acceptors (Lipinski definition) is 6. The Morgan fingerprint density at radius 1 is 1.09 bits per heavy atom. The normalized spacial score (nSPS) is 21.5. The van der Waals surface area contributed by atoms with Gasteiger partial charge < -0.3 is 20.1 Å². The van der Waals surface area contributed by atoms with Gasteiger partial charge in [0.25, 0.3) is 11.8 Å². The third-order valence-corrected chi connectivity index (χ3v) is 6.19. The molecule has 0 bridgehead atoms. The number of benzene rings is 2. The first-order chi connectivity index (χ1) is 15.9. The van der Waals surface area contributed by atoms with Crippen LogP contribution in [-0.2, 0) is 25.7 Å². The van der Waals surface area contributed by atoms with E-state index >= 15 is 0 Å². The van der Waals surface area contributed by atoms with Crippen LogP contribution >= 0.6 is 0 Å². The Bertz CT molecular complexity index is 1160. The molecule has 9 nitrogen and oxygen atoms in total. The largest absolute Gasteiger partial charge is 0.484 e. The summed E-state index contributed by atoms with van der Waals surface area (Å²) in [5.41, 5.74) is 5.13. The zero-order valence-electron chi connectivity index (χ0n) is 17.9. The average Bonchev–Trinajstić information content (AvgIpc) is 3.58. The first-order valence-corrected chi connectivity index (χ1v) is 10.8. The molecule has 3 aliphatic rings. The second-order valence-corrected chi connectivity index (χ2v) is 8.45. The van der Waals surface area contributed by atoms with Crippen molar-refractivity contribution in [3.05, 3.63) is 59.7 Å². The summed E-state index contributed by atoms with van der Waals surface area (Å²) < 4.78 is 11.0. The van der Waals surface area contributed by atoms with Gasteiger partial charge in [-0.15, -0.1) is 0 Å². The Hall–Kier alpha value is -3.88. The van der Waals surface area contributed by atoms with E-state index in [1.54, 1.807) is 53.4 Å². The van der Waals surface area contributed by atoms with Crippen LogP contribution in [0.2, 0.25) is 0 Å². The predicted octanol–water partition coefficient (Wildman–Crippen LogP) is 1.74. The first-order valence-electron chi connectivity index (χ1n) is 10.8. The van der Waals surface area contributed by atoms with Crippen LogP contribution in [0.1, 0.15) is 41.6 Å². The lowest BCUT2D eigenvalue weighted by Gasteiger charge is -2.48. The van der Waals surface area contributed by atoms with E-state index in [-0.39, 0.29) is 43.9 Å². The van der Waals surface area contributed by atoms with Crippen molar-refractivity contribution < 1.29 is 28.7 Å². The molecule has 2 aliphatic heterocycles. The highest BCUT2D eigenvalue weighted by Gasteiger charge is 2.64. The molecule has 33 heavy (non-hydrogen) atoms. The zero-order chi connectivity index (χ0) is 23.2. The summed E-state index contributed by atoms with van der Waals surface area (Å²) >= 11 is 0. The monoisotopic (exact) mass is 449 g/mol. The van der Waals surface area contributed by atoms with Gasteiger partial charge in [-0.1, -0.05) is 24.3 Å². The summed E-state index contributed by atoms with van der Waals surface area (Å²) in [7, 11) is 0. The van der Waals surface area contributed by atoms with Crippen LogP contribution in [0.3, 0.4) is 0 Å². The fraction of sp³-hybridized carbons (Fsp3) is 0.333. The number of hydrogen-bond donors (Lipinski definition) is 1. The summed E-state index contributed by atoms with van der Waals surface area (Å²) in [5, 5.41) is 0. The number of amides is 3. The fourth-order valence-corrected chi connectivity index (χ4v) is 4.66. The van der Waals surface area contributed by atoms with Crippen molar-refractivity contribution in [3.63, 3.8) is 0 Å². The summed E-state index contributed by atoms with van der Waals surface area (Å²) in [4.78, 5) is 54.0. The number of anilines is 1. The first kappa shape index (κ1) is 21.0. The van der Waals surface area contributed by atoms with Crippen molar-refractivity contribution in [3.8, 4) is 5.75 Å². The van der Waals surface area contributed by atoms with Crippen LogP contribution in [0.5, 0.6) is 5.75 Å². The number of nitrogens with two attached hydrogens (primary N) is 1. The van der Waals surface area contributed by atoms with E-state index in [4.69, 9.17) is 15.2 Å². The summed E-state index contributed by atoms with van der Waals surface area (Å²) in [6.07, 6.45) is 1.90.